The van der Waals surface area contributed by atoms with E-state index in [2.05, 4.69) is 31.3 Å². The molecule has 3 amide bonds. The van der Waals surface area contributed by atoms with Gasteiger partial charge in [0.15, 0.2) is 0 Å². The van der Waals surface area contributed by atoms with E-state index >= 15 is 0 Å². The fraction of sp³-hybridized carbons (Fsp3) is 0.500. The molecule has 2 saturated carbocycles. The first-order valence-corrected chi connectivity index (χ1v) is 14.9. The number of nitrogens with two attached hydrogens (primary N) is 2. The molecule has 0 aliphatic heterocycles. The number of isocyanates is 2. The van der Waals surface area contributed by atoms with Crippen LogP contribution in [0, 0.1) is 45.0 Å². The topological polar surface area (TPSA) is 193 Å². The number of aliphatic imine (C=N–C) groups is 2. The average molecular weight is 879 g/mol. The molecule has 2 aliphatic rings. The average Bonchev–Trinajstić information content (AvgIpc) is 2.97. The second-order valence-corrected chi connectivity index (χ2v) is 11.2. The Balaban J connectivity index is 0.000000742. The number of urea groups is 1. The van der Waals surface area contributed by atoms with Gasteiger partial charge in [-0.15, -0.1) is 0 Å². The van der Waals surface area contributed by atoms with Gasteiger partial charge in [-0.05, 0) is 101 Å². The Bertz CT molecular complexity index is 1340. The van der Waals surface area contributed by atoms with Gasteiger partial charge in [-0.3, -0.25) is 4.79 Å². The Morgan fingerprint density at radius 1 is 0.826 bits per heavy atom. The smallest absolute Gasteiger partial charge is 0.319 e. The molecule has 46 heavy (non-hydrogen) atoms. The van der Waals surface area contributed by atoms with Crippen LogP contribution in [0.5, 0.6) is 0 Å². The van der Waals surface area contributed by atoms with Crippen molar-refractivity contribution in [3.05, 3.63) is 47.5 Å². The van der Waals surface area contributed by atoms with Gasteiger partial charge < -0.3 is 32.7 Å². The van der Waals surface area contributed by atoms with E-state index in [9.17, 15) is 19.2 Å². The van der Waals surface area contributed by atoms with Crippen molar-refractivity contribution in [3.8, 4) is 0 Å². The first-order chi connectivity index (χ1) is 21.0. The number of anilines is 2. The molecule has 0 spiro atoms. The summed E-state index contributed by atoms with van der Waals surface area (Å²) < 4.78 is 0. The summed E-state index contributed by atoms with van der Waals surface area (Å²) >= 11 is 0. The predicted molar refractivity (Wildman–Crippen MR) is 185 cm³/mol. The second kappa shape index (κ2) is 23.6. The zero-order chi connectivity index (χ0) is 32.5. The monoisotopic (exact) mass is 878 g/mol. The summed E-state index contributed by atoms with van der Waals surface area (Å²) in [6.07, 6.45) is 11.7. The van der Waals surface area contributed by atoms with Gasteiger partial charge in [0.25, 0.3) is 0 Å². The van der Waals surface area contributed by atoms with Crippen LogP contribution in [0.15, 0.2) is 46.4 Å². The largest absolute Gasteiger partial charge is 0.335 e. The van der Waals surface area contributed by atoms with Gasteiger partial charge in [-0.1, -0.05) is 18.6 Å². The van der Waals surface area contributed by atoms with Crippen LogP contribution in [0.2, 0.25) is 0 Å². The zero-order valence-electron chi connectivity index (χ0n) is 27.3. The molecule has 2 aromatic rings. The van der Waals surface area contributed by atoms with Crippen molar-refractivity contribution in [2.45, 2.75) is 96.3 Å². The molecular formula is C32H49N8O4PU. The van der Waals surface area contributed by atoms with Crippen LogP contribution in [0.25, 0.3) is 0 Å². The van der Waals surface area contributed by atoms with Crippen LogP contribution >= 0.6 is 9.90 Å². The van der Waals surface area contributed by atoms with E-state index in [1.807, 2.05) is 26.1 Å². The van der Waals surface area contributed by atoms with Gasteiger partial charge in [-0.2, -0.15) is 19.9 Å². The van der Waals surface area contributed by atoms with Crippen molar-refractivity contribution in [2.24, 2.45) is 21.5 Å². The molecule has 14 heteroatoms. The van der Waals surface area contributed by atoms with E-state index in [0.717, 1.165) is 43.2 Å². The summed E-state index contributed by atoms with van der Waals surface area (Å²) in [5.41, 5.74) is 15.3. The standard InChI is InChI=1S/C17H26N4O2.C9H6N2O2.C6H14N2.H3P.U/c1-11-7-8-15(19-12(2)22)10-16(11)21-17(23)20-14-6-4-5-13(9-14)18-3;1-7-2-3-8(10-5-12)4-9(7)11-6-13;7-5-2-1-3-6(8)4-5;;/h7-8,10,13-14,18H,4-6,9H2,1-3H3,(H,19,22)(H2,20,21,23);2-4H,1H3;5-6H,1-4,7-8H2;1H3;. The van der Waals surface area contributed by atoms with E-state index in [4.69, 9.17) is 11.5 Å². The first-order valence-electron chi connectivity index (χ1n) is 14.9. The zero-order valence-corrected chi connectivity index (χ0v) is 32.9. The summed E-state index contributed by atoms with van der Waals surface area (Å²) in [6.45, 7) is 5.18. The van der Waals surface area contributed by atoms with Crippen molar-refractivity contribution in [1.82, 2.24) is 10.6 Å². The molecule has 0 aromatic heterocycles. The molecule has 5 atom stereocenters. The minimum absolute atomic E-state index is 0. The molecule has 2 aliphatic carbocycles. The molecule has 0 bridgehead atoms. The van der Waals surface area contributed by atoms with Crippen LogP contribution < -0.4 is 32.7 Å². The first kappa shape index (κ1) is 43.3. The Kier molecular flexibility index (Phi) is 22.2. The minimum Gasteiger partial charge on any atom is -0.335 e. The summed E-state index contributed by atoms with van der Waals surface area (Å²) in [5, 5.41) is 11.9. The van der Waals surface area contributed by atoms with E-state index in [1.165, 1.54) is 44.4 Å². The maximum Gasteiger partial charge on any atom is 0.319 e. The second-order valence-electron chi connectivity index (χ2n) is 11.2. The van der Waals surface area contributed by atoms with Crippen LogP contribution in [-0.4, -0.2) is 55.3 Å². The molecule has 0 radical (unpaired) electrons. The summed E-state index contributed by atoms with van der Waals surface area (Å²) in [5.74, 6) is -0.135. The summed E-state index contributed by atoms with van der Waals surface area (Å²) in [7, 11) is 1.96. The maximum atomic E-state index is 12.2. The van der Waals surface area contributed by atoms with E-state index < -0.39 is 0 Å². The fourth-order valence-corrected chi connectivity index (χ4v) is 5.12. The Morgan fingerprint density at radius 3 is 2.00 bits per heavy atom. The van der Waals surface area contributed by atoms with E-state index in [-0.39, 0.29) is 59.0 Å². The van der Waals surface area contributed by atoms with E-state index in [1.54, 1.807) is 25.1 Å². The number of hydrogen-bond acceptors (Lipinski definition) is 9. The fourth-order valence-electron chi connectivity index (χ4n) is 5.12. The number of carbonyl (C=O) groups excluding carboxylic acids is 4. The van der Waals surface area contributed by atoms with Crippen molar-refractivity contribution < 1.29 is 50.3 Å². The van der Waals surface area contributed by atoms with Gasteiger partial charge in [0.05, 0.1) is 11.4 Å². The summed E-state index contributed by atoms with van der Waals surface area (Å²) in [6, 6.07) is 11.6. The number of aryl methyl sites for hydroxylation is 2. The van der Waals surface area contributed by atoms with E-state index in [0.29, 0.717) is 40.9 Å². The van der Waals surface area contributed by atoms with Gasteiger partial charge in [-0.25, -0.2) is 14.4 Å². The molecule has 2 aromatic carbocycles. The minimum atomic E-state index is -0.199. The molecule has 0 heterocycles. The van der Waals surface area contributed by atoms with Crippen LogP contribution in [0.4, 0.5) is 27.5 Å². The number of nitrogens with zero attached hydrogens (tertiary/aromatic N) is 2. The van der Waals surface area contributed by atoms with Crippen LogP contribution in [0.3, 0.4) is 0 Å². The molecule has 12 nitrogen and oxygen atoms in total. The molecule has 0 saturated heterocycles. The number of amides is 3. The molecule has 2 fully saturated rings. The Hall–Kier alpha value is -2.70. The molecule has 5 unspecified atom stereocenters. The van der Waals surface area contributed by atoms with Crippen molar-refractivity contribution in [2.75, 3.05) is 17.7 Å². The third-order valence-electron chi connectivity index (χ3n) is 7.51. The third-order valence-corrected chi connectivity index (χ3v) is 7.51. The Morgan fingerprint density at radius 2 is 1.43 bits per heavy atom. The number of rotatable bonds is 6. The third kappa shape index (κ3) is 16.7. The molecule has 250 valence electrons. The molecular weight excluding hydrogens is 829 g/mol. The van der Waals surface area contributed by atoms with Crippen molar-refractivity contribution in [3.63, 3.8) is 0 Å². The number of hydrogen-bond donors (Lipinski definition) is 6. The van der Waals surface area contributed by atoms with Gasteiger partial charge in [0.1, 0.15) is 0 Å². The maximum absolute atomic E-state index is 12.2. The van der Waals surface area contributed by atoms with Gasteiger partial charge in [0, 0.05) is 73.6 Å². The quantitative estimate of drug-likeness (QED) is 0.136. The summed E-state index contributed by atoms with van der Waals surface area (Å²) in [4.78, 5) is 50.1. The number of carbonyl (C=O) groups is 2. The van der Waals surface area contributed by atoms with Crippen molar-refractivity contribution >= 4 is 56.7 Å². The van der Waals surface area contributed by atoms with Crippen molar-refractivity contribution in [1.29, 1.82) is 0 Å². The number of benzene rings is 2. The SMILES string of the molecule is CNC1CCCC(NC(=O)Nc2cc(NC(C)=O)ccc2C)C1.Cc1ccc(N=C=O)cc1N=C=O.NC1CCCC(N)C1.P.[U]. The van der Waals surface area contributed by atoms with Gasteiger partial charge in [0.2, 0.25) is 18.1 Å². The van der Waals surface area contributed by atoms with Gasteiger partial charge >= 0.3 is 6.03 Å². The predicted octanol–water partition coefficient (Wildman–Crippen LogP) is 4.81. The normalized spacial score (nSPS) is 19.6. The molecule has 8 N–H and O–H groups in total. The van der Waals surface area contributed by atoms with Crippen LogP contribution in [0.1, 0.15) is 69.4 Å². The molecule has 4 rings (SSSR count). The Labute approximate surface area is 299 Å². The van der Waals surface area contributed by atoms with Crippen LogP contribution in [-0.2, 0) is 14.4 Å². The number of nitrogens with one attached hydrogen (secondary N) is 4.